The Labute approximate surface area is 185 Å². The topological polar surface area (TPSA) is 86.6 Å². The van der Waals surface area contributed by atoms with E-state index in [1.807, 2.05) is 4.90 Å². The molecule has 0 spiro atoms. The van der Waals surface area contributed by atoms with Gasteiger partial charge in [-0.15, -0.1) is 0 Å². The summed E-state index contributed by atoms with van der Waals surface area (Å²) in [4.78, 5) is 10.7. The van der Waals surface area contributed by atoms with Crippen LogP contribution in [0, 0.1) is 18.6 Å². The van der Waals surface area contributed by atoms with E-state index in [9.17, 15) is 22.3 Å². The molecule has 3 aromatic rings. The second-order valence-electron chi connectivity index (χ2n) is 8.10. The summed E-state index contributed by atoms with van der Waals surface area (Å²) in [5, 5.41) is 10.1. The van der Waals surface area contributed by atoms with Crippen molar-refractivity contribution in [1.29, 1.82) is 0 Å². The molecule has 0 bridgehead atoms. The van der Waals surface area contributed by atoms with Crippen LogP contribution in [-0.2, 0) is 10.0 Å². The lowest BCUT2D eigenvalue weighted by Crippen LogP contribution is -2.50. The highest BCUT2D eigenvalue weighted by molar-refractivity contribution is 7.89. The van der Waals surface area contributed by atoms with Crippen molar-refractivity contribution in [1.82, 2.24) is 14.3 Å². The molecule has 1 aliphatic heterocycles. The first-order valence-corrected chi connectivity index (χ1v) is 11.8. The first kappa shape index (κ1) is 22.3. The molecule has 0 unspecified atom stereocenters. The number of aryl methyl sites for hydroxylation is 1. The van der Waals surface area contributed by atoms with Gasteiger partial charge in [0.1, 0.15) is 23.2 Å². The summed E-state index contributed by atoms with van der Waals surface area (Å²) < 4.78 is 55.4. The highest BCUT2D eigenvalue weighted by atomic mass is 32.2. The molecule has 2 heterocycles. The zero-order valence-electron chi connectivity index (χ0n) is 18.0. The van der Waals surface area contributed by atoms with E-state index in [1.54, 1.807) is 26.8 Å². The van der Waals surface area contributed by atoms with Gasteiger partial charge in [0.2, 0.25) is 10.0 Å². The maximum Gasteiger partial charge on any atom is 0.216 e. The van der Waals surface area contributed by atoms with Crippen molar-refractivity contribution < 1.29 is 22.3 Å². The van der Waals surface area contributed by atoms with E-state index in [0.717, 1.165) is 0 Å². The molecule has 0 saturated carbocycles. The van der Waals surface area contributed by atoms with Gasteiger partial charge in [-0.25, -0.2) is 27.2 Å². The molecule has 0 atom stereocenters. The Morgan fingerprint density at radius 1 is 1.03 bits per heavy atom. The third-order valence-corrected chi connectivity index (χ3v) is 7.94. The predicted molar refractivity (Wildman–Crippen MR) is 119 cm³/mol. The number of piperazine rings is 1. The molecule has 1 N–H and O–H groups in total. The summed E-state index contributed by atoms with van der Waals surface area (Å²) in [5.41, 5.74) is 0.640. The number of hydrogen-bond acceptors (Lipinski definition) is 6. The Bertz CT molecular complexity index is 1270. The lowest BCUT2D eigenvalue weighted by atomic mass is 10.1. The number of aromatic hydroxyl groups is 1. The molecule has 10 heteroatoms. The fourth-order valence-corrected chi connectivity index (χ4v) is 5.05. The van der Waals surface area contributed by atoms with Crippen LogP contribution in [0.5, 0.6) is 5.75 Å². The molecular weight excluding hydrogens is 438 g/mol. The number of hydrogen-bond donors (Lipinski definition) is 1. The lowest BCUT2D eigenvalue weighted by Gasteiger charge is -2.36. The van der Waals surface area contributed by atoms with Gasteiger partial charge >= 0.3 is 0 Å². The van der Waals surface area contributed by atoms with Gasteiger partial charge in [0.25, 0.3) is 0 Å². The van der Waals surface area contributed by atoms with Gasteiger partial charge in [-0.3, -0.25) is 0 Å². The number of nitrogens with zero attached hydrogens (tertiary/aromatic N) is 4. The fourth-order valence-electron chi connectivity index (χ4n) is 3.78. The van der Waals surface area contributed by atoms with Crippen molar-refractivity contribution in [2.75, 3.05) is 31.1 Å². The minimum Gasteiger partial charge on any atom is -0.507 e. The largest absolute Gasteiger partial charge is 0.507 e. The summed E-state index contributed by atoms with van der Waals surface area (Å²) in [7, 11) is -3.39. The van der Waals surface area contributed by atoms with E-state index in [-0.39, 0.29) is 30.2 Å². The highest BCUT2D eigenvalue weighted by Crippen LogP contribution is 2.34. The maximum absolute atomic E-state index is 14.5. The lowest BCUT2D eigenvalue weighted by molar-refractivity contribution is 0.380. The van der Waals surface area contributed by atoms with Crippen LogP contribution in [0.15, 0.2) is 30.3 Å². The molecular formula is C22H24F2N4O3S. The van der Waals surface area contributed by atoms with E-state index in [0.29, 0.717) is 35.4 Å². The maximum atomic E-state index is 14.5. The standard InChI is InChI=1S/C22H24F2N4O3S/c1-13(2)32(30,31)28-9-7-27(8-10-28)22-15-12-17(24)14(3)11-18(15)25-21(26-22)20-16(23)5-4-6-19(20)29/h4-6,11-13,29H,7-10H2,1-3H3. The molecule has 0 radical (unpaired) electrons. The van der Waals surface area contributed by atoms with Crippen LogP contribution in [0.25, 0.3) is 22.3 Å². The van der Waals surface area contributed by atoms with Crippen LogP contribution in [0.4, 0.5) is 14.6 Å². The van der Waals surface area contributed by atoms with Gasteiger partial charge in [0, 0.05) is 31.6 Å². The average Bonchev–Trinajstić information content (AvgIpc) is 2.74. The molecule has 2 aromatic carbocycles. The second-order valence-corrected chi connectivity index (χ2v) is 10.6. The van der Waals surface area contributed by atoms with Crippen molar-refractivity contribution in [2.24, 2.45) is 0 Å². The molecule has 1 aliphatic rings. The third kappa shape index (κ3) is 3.88. The Hall–Kier alpha value is -2.85. The average molecular weight is 463 g/mol. The van der Waals surface area contributed by atoms with Gasteiger partial charge in [-0.2, -0.15) is 4.31 Å². The molecule has 1 aromatic heterocycles. The number of sulfonamides is 1. The number of benzene rings is 2. The second kappa shape index (κ2) is 8.25. The van der Waals surface area contributed by atoms with E-state index >= 15 is 0 Å². The van der Waals surface area contributed by atoms with Gasteiger partial charge in [-0.05, 0) is 50.6 Å². The molecule has 0 aliphatic carbocycles. The van der Waals surface area contributed by atoms with E-state index < -0.39 is 26.9 Å². The number of phenolic OH excluding ortho intramolecular Hbond substituents is 1. The normalized spacial score (nSPS) is 15.6. The Balaban J connectivity index is 1.81. The Kier molecular flexibility index (Phi) is 5.76. The molecule has 4 rings (SSSR count). The van der Waals surface area contributed by atoms with Crippen LogP contribution in [0.3, 0.4) is 0 Å². The van der Waals surface area contributed by atoms with Crippen molar-refractivity contribution in [3.8, 4) is 17.1 Å². The molecule has 0 amide bonds. The minimum atomic E-state index is -3.39. The number of fused-ring (bicyclic) bond motifs is 1. The van der Waals surface area contributed by atoms with E-state index in [2.05, 4.69) is 9.97 Å². The Morgan fingerprint density at radius 2 is 1.72 bits per heavy atom. The van der Waals surface area contributed by atoms with Gasteiger partial charge in [0.05, 0.1) is 16.3 Å². The first-order valence-electron chi connectivity index (χ1n) is 10.3. The van der Waals surface area contributed by atoms with Crippen molar-refractivity contribution in [3.63, 3.8) is 0 Å². The summed E-state index contributed by atoms with van der Waals surface area (Å²) >= 11 is 0. The molecule has 1 saturated heterocycles. The number of halogens is 2. The number of rotatable bonds is 4. The van der Waals surface area contributed by atoms with Crippen molar-refractivity contribution >= 4 is 26.7 Å². The van der Waals surface area contributed by atoms with Crippen LogP contribution in [-0.4, -0.2) is 59.2 Å². The summed E-state index contributed by atoms with van der Waals surface area (Å²) in [6.07, 6.45) is 0. The van der Waals surface area contributed by atoms with E-state index in [4.69, 9.17) is 0 Å². The van der Waals surface area contributed by atoms with Crippen LogP contribution in [0.2, 0.25) is 0 Å². The SMILES string of the molecule is Cc1cc2nc(-c3c(O)cccc3F)nc(N3CCN(S(=O)(=O)C(C)C)CC3)c2cc1F. The van der Waals surface area contributed by atoms with E-state index in [1.165, 1.54) is 28.6 Å². The monoisotopic (exact) mass is 462 g/mol. The van der Waals surface area contributed by atoms with Crippen molar-refractivity contribution in [2.45, 2.75) is 26.0 Å². The molecule has 32 heavy (non-hydrogen) atoms. The van der Waals surface area contributed by atoms with Gasteiger partial charge in [0.15, 0.2) is 5.82 Å². The van der Waals surface area contributed by atoms with Crippen LogP contribution in [0.1, 0.15) is 19.4 Å². The zero-order chi connectivity index (χ0) is 23.2. The molecule has 7 nitrogen and oxygen atoms in total. The quantitative estimate of drug-likeness (QED) is 0.639. The highest BCUT2D eigenvalue weighted by Gasteiger charge is 2.31. The van der Waals surface area contributed by atoms with Crippen LogP contribution < -0.4 is 4.90 Å². The molecule has 1 fully saturated rings. The minimum absolute atomic E-state index is 0.0219. The Morgan fingerprint density at radius 3 is 2.34 bits per heavy atom. The number of phenols is 1. The molecule has 170 valence electrons. The van der Waals surface area contributed by atoms with Crippen LogP contribution >= 0.6 is 0 Å². The third-order valence-electron chi connectivity index (χ3n) is 5.67. The summed E-state index contributed by atoms with van der Waals surface area (Å²) in [6.45, 7) is 6.04. The van der Waals surface area contributed by atoms with Crippen molar-refractivity contribution in [3.05, 3.63) is 47.5 Å². The number of anilines is 1. The predicted octanol–water partition coefficient (Wildman–Crippen LogP) is 3.45. The first-order chi connectivity index (χ1) is 15.1. The van der Waals surface area contributed by atoms with Gasteiger partial charge in [-0.1, -0.05) is 6.07 Å². The summed E-state index contributed by atoms with van der Waals surface area (Å²) in [5.74, 6) is -1.06. The number of aromatic nitrogens is 2. The summed E-state index contributed by atoms with van der Waals surface area (Å²) in [6, 6.07) is 6.81. The zero-order valence-corrected chi connectivity index (χ0v) is 18.8. The smallest absolute Gasteiger partial charge is 0.216 e. The van der Waals surface area contributed by atoms with Gasteiger partial charge < -0.3 is 10.0 Å². The fraction of sp³-hybridized carbons (Fsp3) is 0.364.